The number of carbonyl (C=O) groups is 2. The Morgan fingerprint density at radius 3 is 2.38 bits per heavy atom. The van der Waals surface area contributed by atoms with Gasteiger partial charge in [-0.2, -0.15) is 0 Å². The van der Waals surface area contributed by atoms with Crippen molar-refractivity contribution in [2.45, 2.75) is 13.8 Å². The maximum absolute atomic E-state index is 12.6. The van der Waals surface area contributed by atoms with E-state index in [2.05, 4.69) is 10.3 Å². The van der Waals surface area contributed by atoms with Crippen LogP contribution in [0.15, 0.2) is 36.5 Å². The highest BCUT2D eigenvalue weighted by atomic mass is 35.5. The second kappa shape index (κ2) is 8.67. The van der Waals surface area contributed by atoms with Crippen LogP contribution in [-0.2, 0) is 0 Å². The third-order valence-electron chi connectivity index (χ3n) is 3.96. The molecule has 2 amide bonds. The molecule has 0 saturated heterocycles. The molecule has 7 heteroatoms. The van der Waals surface area contributed by atoms with Crippen LogP contribution in [0.3, 0.4) is 0 Å². The number of benzene rings is 1. The summed E-state index contributed by atoms with van der Waals surface area (Å²) >= 11 is 6.27. The van der Waals surface area contributed by atoms with Crippen LogP contribution in [0.4, 0.5) is 11.5 Å². The molecule has 1 N–H and O–H groups in total. The minimum atomic E-state index is -0.291. The molecule has 0 atom stereocenters. The number of nitrogens with one attached hydrogen (secondary N) is 1. The van der Waals surface area contributed by atoms with Gasteiger partial charge in [-0.25, -0.2) is 4.98 Å². The molecule has 26 heavy (non-hydrogen) atoms. The SMILES string of the molecule is CCN(CC)C(=O)c1ccc(NC(=O)c2cccnc2N(C)C)cc1Cl. The summed E-state index contributed by atoms with van der Waals surface area (Å²) in [7, 11) is 3.65. The van der Waals surface area contributed by atoms with Crippen molar-refractivity contribution in [3.05, 3.63) is 52.7 Å². The van der Waals surface area contributed by atoms with E-state index < -0.39 is 0 Å². The molecule has 6 nitrogen and oxygen atoms in total. The molecular formula is C19H23ClN4O2. The number of carbonyl (C=O) groups excluding carboxylic acids is 2. The van der Waals surface area contributed by atoms with E-state index in [-0.39, 0.29) is 11.8 Å². The summed E-state index contributed by atoms with van der Waals surface area (Å²) in [4.78, 5) is 32.7. The lowest BCUT2D eigenvalue weighted by Crippen LogP contribution is -2.30. The minimum Gasteiger partial charge on any atom is -0.362 e. The molecule has 0 saturated carbocycles. The average Bonchev–Trinajstić information content (AvgIpc) is 2.62. The lowest BCUT2D eigenvalue weighted by molar-refractivity contribution is 0.0773. The zero-order valence-corrected chi connectivity index (χ0v) is 16.2. The second-order valence-corrected chi connectivity index (χ2v) is 6.30. The molecule has 0 unspecified atom stereocenters. The van der Waals surface area contributed by atoms with Crippen LogP contribution in [0.25, 0.3) is 0 Å². The van der Waals surface area contributed by atoms with Gasteiger partial charge in [0, 0.05) is 39.1 Å². The number of hydrogen-bond acceptors (Lipinski definition) is 4. The monoisotopic (exact) mass is 374 g/mol. The maximum Gasteiger partial charge on any atom is 0.259 e. The Morgan fingerprint density at radius 2 is 1.81 bits per heavy atom. The number of rotatable bonds is 6. The fourth-order valence-corrected chi connectivity index (χ4v) is 2.84. The smallest absolute Gasteiger partial charge is 0.259 e. The molecule has 1 aromatic heterocycles. The first kappa shape index (κ1) is 19.7. The zero-order chi connectivity index (χ0) is 19.3. The van der Waals surface area contributed by atoms with E-state index in [9.17, 15) is 9.59 Å². The first-order valence-corrected chi connectivity index (χ1v) is 8.79. The van der Waals surface area contributed by atoms with Crippen molar-refractivity contribution in [2.75, 3.05) is 37.4 Å². The first-order chi connectivity index (χ1) is 12.4. The zero-order valence-electron chi connectivity index (χ0n) is 15.4. The molecule has 0 radical (unpaired) electrons. The van der Waals surface area contributed by atoms with Crippen molar-refractivity contribution in [1.82, 2.24) is 9.88 Å². The van der Waals surface area contributed by atoms with Crippen molar-refractivity contribution in [1.29, 1.82) is 0 Å². The Labute approximate surface area is 158 Å². The first-order valence-electron chi connectivity index (χ1n) is 8.41. The number of amides is 2. The van der Waals surface area contributed by atoms with Crippen LogP contribution in [0.2, 0.25) is 5.02 Å². The highest BCUT2D eigenvalue weighted by Crippen LogP contribution is 2.24. The van der Waals surface area contributed by atoms with Crippen LogP contribution in [0.5, 0.6) is 0 Å². The van der Waals surface area contributed by atoms with Crippen LogP contribution < -0.4 is 10.2 Å². The van der Waals surface area contributed by atoms with Crippen LogP contribution in [-0.4, -0.2) is 48.9 Å². The van der Waals surface area contributed by atoms with Crippen molar-refractivity contribution < 1.29 is 9.59 Å². The predicted octanol–water partition coefficient (Wildman–Crippen LogP) is 3.54. The van der Waals surface area contributed by atoms with Gasteiger partial charge < -0.3 is 15.1 Å². The number of anilines is 2. The molecule has 2 aromatic rings. The van der Waals surface area contributed by atoms with Gasteiger partial charge in [-0.15, -0.1) is 0 Å². The molecule has 0 aliphatic carbocycles. The van der Waals surface area contributed by atoms with Gasteiger partial charge in [0.25, 0.3) is 11.8 Å². The molecule has 1 aromatic carbocycles. The van der Waals surface area contributed by atoms with Crippen molar-refractivity contribution in [3.8, 4) is 0 Å². The van der Waals surface area contributed by atoms with E-state index in [0.29, 0.717) is 40.7 Å². The number of halogens is 1. The number of nitrogens with zero attached hydrogens (tertiary/aromatic N) is 3. The molecule has 0 fully saturated rings. The van der Waals surface area contributed by atoms with E-state index >= 15 is 0 Å². The van der Waals surface area contributed by atoms with Gasteiger partial charge in [0.05, 0.1) is 16.1 Å². The molecule has 138 valence electrons. The molecular weight excluding hydrogens is 352 g/mol. The fraction of sp³-hybridized carbons (Fsp3) is 0.316. The highest BCUT2D eigenvalue weighted by Gasteiger charge is 2.18. The Kier molecular flexibility index (Phi) is 6.58. The van der Waals surface area contributed by atoms with Gasteiger partial charge in [-0.05, 0) is 44.2 Å². The van der Waals surface area contributed by atoms with Gasteiger partial charge in [-0.1, -0.05) is 11.6 Å². The van der Waals surface area contributed by atoms with E-state index in [1.807, 2.05) is 27.9 Å². The quantitative estimate of drug-likeness (QED) is 0.839. The lowest BCUT2D eigenvalue weighted by atomic mass is 10.1. The molecule has 2 rings (SSSR count). The number of pyridine rings is 1. The fourth-order valence-electron chi connectivity index (χ4n) is 2.58. The molecule has 0 spiro atoms. The van der Waals surface area contributed by atoms with Crippen molar-refractivity contribution >= 4 is 34.9 Å². The van der Waals surface area contributed by atoms with Crippen molar-refractivity contribution in [2.24, 2.45) is 0 Å². The number of aromatic nitrogens is 1. The lowest BCUT2D eigenvalue weighted by Gasteiger charge is -2.19. The summed E-state index contributed by atoms with van der Waals surface area (Å²) in [6, 6.07) is 8.31. The summed E-state index contributed by atoms with van der Waals surface area (Å²) in [6.45, 7) is 5.05. The van der Waals surface area contributed by atoms with Crippen LogP contribution >= 0.6 is 11.6 Å². The topological polar surface area (TPSA) is 65.5 Å². The third kappa shape index (κ3) is 4.32. The van der Waals surface area contributed by atoms with Gasteiger partial charge in [0.15, 0.2) is 0 Å². The second-order valence-electron chi connectivity index (χ2n) is 5.90. The standard InChI is InChI=1S/C19H23ClN4O2/c1-5-24(6-2)19(26)14-10-9-13(12-16(14)20)22-18(25)15-8-7-11-21-17(15)23(3)4/h7-12H,5-6H2,1-4H3,(H,22,25). The summed E-state index contributed by atoms with van der Waals surface area (Å²) in [5.74, 6) is 0.158. The predicted molar refractivity (Wildman–Crippen MR) is 105 cm³/mol. The van der Waals surface area contributed by atoms with Gasteiger partial charge in [0.1, 0.15) is 5.82 Å². The Hall–Kier alpha value is -2.60. The average molecular weight is 375 g/mol. The van der Waals surface area contributed by atoms with E-state index in [4.69, 9.17) is 11.6 Å². The molecule has 0 aliphatic heterocycles. The molecule has 0 bridgehead atoms. The molecule has 0 aliphatic rings. The van der Waals surface area contributed by atoms with Crippen molar-refractivity contribution in [3.63, 3.8) is 0 Å². The van der Waals surface area contributed by atoms with Crippen LogP contribution in [0.1, 0.15) is 34.6 Å². The van der Waals surface area contributed by atoms with E-state index in [1.165, 1.54) is 0 Å². The normalized spacial score (nSPS) is 10.3. The summed E-state index contributed by atoms with van der Waals surface area (Å²) in [5, 5.41) is 3.11. The molecule has 1 heterocycles. The van der Waals surface area contributed by atoms with Gasteiger partial charge >= 0.3 is 0 Å². The summed E-state index contributed by atoms with van der Waals surface area (Å²) in [5.41, 5.74) is 1.39. The highest BCUT2D eigenvalue weighted by molar-refractivity contribution is 6.34. The third-order valence-corrected chi connectivity index (χ3v) is 4.28. The van der Waals surface area contributed by atoms with Gasteiger partial charge in [-0.3, -0.25) is 9.59 Å². The summed E-state index contributed by atoms with van der Waals surface area (Å²) in [6.07, 6.45) is 1.64. The minimum absolute atomic E-state index is 0.125. The Bertz CT molecular complexity index is 804. The summed E-state index contributed by atoms with van der Waals surface area (Å²) < 4.78 is 0. The van der Waals surface area contributed by atoms with Crippen LogP contribution in [0, 0.1) is 0 Å². The largest absolute Gasteiger partial charge is 0.362 e. The Morgan fingerprint density at radius 1 is 1.12 bits per heavy atom. The maximum atomic E-state index is 12.6. The Balaban J connectivity index is 2.23. The van der Waals surface area contributed by atoms with E-state index in [0.717, 1.165) is 0 Å². The van der Waals surface area contributed by atoms with Gasteiger partial charge in [0.2, 0.25) is 0 Å². The number of hydrogen-bond donors (Lipinski definition) is 1. The van der Waals surface area contributed by atoms with E-state index in [1.54, 1.807) is 46.3 Å².